The van der Waals surface area contributed by atoms with Crippen LogP contribution in [0, 0.1) is 0 Å². The summed E-state index contributed by atoms with van der Waals surface area (Å²) in [5.41, 5.74) is 0. The van der Waals surface area contributed by atoms with Crippen LogP contribution in [-0.2, 0) is 0 Å². The molecule has 0 aliphatic heterocycles. The van der Waals surface area contributed by atoms with Crippen LogP contribution in [0.25, 0.3) is 0 Å². The zero-order valence-corrected chi connectivity index (χ0v) is 6.02. The van der Waals surface area contributed by atoms with Crippen LogP contribution in [-0.4, -0.2) is 23.2 Å². The molecule has 1 nitrogen and oxygen atoms in total. The number of rotatable bonds is 4. The standard InChI is InChI=1S/C4H10OS2/c1-2-6-7-4-3-5/h5H,2-4H2,1H3. The van der Waals surface area contributed by atoms with Crippen molar-refractivity contribution >= 4 is 21.6 Å². The molecule has 0 aliphatic carbocycles. The third kappa shape index (κ3) is 6.66. The van der Waals surface area contributed by atoms with Crippen molar-refractivity contribution in [1.29, 1.82) is 0 Å². The molecule has 0 rings (SSSR count). The van der Waals surface area contributed by atoms with Crippen molar-refractivity contribution in [3.63, 3.8) is 0 Å². The van der Waals surface area contributed by atoms with Crippen LogP contribution < -0.4 is 0 Å². The Bertz CT molecular complexity index is 28.9. The van der Waals surface area contributed by atoms with Gasteiger partial charge >= 0.3 is 0 Å². The van der Waals surface area contributed by atoms with Crippen molar-refractivity contribution in [3.05, 3.63) is 0 Å². The predicted octanol–water partition coefficient (Wildman–Crippen LogP) is 1.38. The van der Waals surface area contributed by atoms with Crippen molar-refractivity contribution in [2.24, 2.45) is 0 Å². The highest BCUT2D eigenvalue weighted by molar-refractivity contribution is 8.76. The summed E-state index contributed by atoms with van der Waals surface area (Å²) in [5, 5.41) is 8.26. The van der Waals surface area contributed by atoms with Crippen molar-refractivity contribution in [2.45, 2.75) is 6.92 Å². The molecule has 0 saturated heterocycles. The molecular weight excluding hydrogens is 128 g/mol. The van der Waals surface area contributed by atoms with Gasteiger partial charge in [-0.15, -0.1) is 0 Å². The van der Waals surface area contributed by atoms with Gasteiger partial charge in [-0.25, -0.2) is 0 Å². The lowest BCUT2D eigenvalue weighted by molar-refractivity contribution is 0.323. The maximum absolute atomic E-state index is 8.26. The van der Waals surface area contributed by atoms with E-state index in [1.54, 1.807) is 21.6 Å². The molecule has 0 unspecified atom stereocenters. The van der Waals surface area contributed by atoms with E-state index >= 15 is 0 Å². The Morgan fingerprint density at radius 3 is 2.57 bits per heavy atom. The lowest BCUT2D eigenvalue weighted by Crippen LogP contribution is -1.81. The zero-order chi connectivity index (χ0) is 5.54. The molecule has 0 atom stereocenters. The summed E-state index contributed by atoms with van der Waals surface area (Å²) in [5.74, 6) is 1.99. The van der Waals surface area contributed by atoms with Gasteiger partial charge in [0, 0.05) is 11.5 Å². The van der Waals surface area contributed by atoms with Gasteiger partial charge in [0.05, 0.1) is 6.61 Å². The fourth-order valence-electron chi connectivity index (χ4n) is 0.180. The SMILES string of the molecule is CCSSCCO. The van der Waals surface area contributed by atoms with E-state index in [1.807, 2.05) is 0 Å². The first-order valence-electron chi connectivity index (χ1n) is 2.27. The third-order valence-corrected chi connectivity index (χ3v) is 2.83. The van der Waals surface area contributed by atoms with Crippen LogP contribution in [0.15, 0.2) is 0 Å². The Labute approximate surface area is 52.3 Å². The molecule has 0 fully saturated rings. The molecule has 0 aromatic heterocycles. The van der Waals surface area contributed by atoms with E-state index in [0.717, 1.165) is 11.5 Å². The Hall–Kier alpha value is 0.660. The van der Waals surface area contributed by atoms with Gasteiger partial charge in [0.15, 0.2) is 0 Å². The first-order valence-corrected chi connectivity index (χ1v) is 4.76. The average molecular weight is 138 g/mol. The van der Waals surface area contributed by atoms with Gasteiger partial charge in [0.1, 0.15) is 0 Å². The average Bonchev–Trinajstić information content (AvgIpc) is 1.69. The molecular formula is C4H10OS2. The van der Waals surface area contributed by atoms with E-state index in [1.165, 1.54) is 0 Å². The van der Waals surface area contributed by atoms with E-state index in [2.05, 4.69) is 6.92 Å². The summed E-state index contributed by atoms with van der Waals surface area (Å²) >= 11 is 0. The van der Waals surface area contributed by atoms with Crippen molar-refractivity contribution < 1.29 is 5.11 Å². The number of aliphatic hydroxyl groups excluding tert-OH is 1. The van der Waals surface area contributed by atoms with E-state index in [-0.39, 0.29) is 0 Å². The molecule has 0 heterocycles. The minimum absolute atomic E-state index is 0.303. The fourth-order valence-corrected chi connectivity index (χ4v) is 1.62. The lowest BCUT2D eigenvalue weighted by Gasteiger charge is -1.90. The Morgan fingerprint density at radius 2 is 2.14 bits per heavy atom. The molecule has 1 N–H and O–H groups in total. The highest BCUT2D eigenvalue weighted by Gasteiger charge is 1.81. The number of aliphatic hydroxyl groups is 1. The minimum Gasteiger partial charge on any atom is -0.395 e. The second kappa shape index (κ2) is 6.66. The first kappa shape index (κ1) is 7.66. The van der Waals surface area contributed by atoms with Gasteiger partial charge in [0.25, 0.3) is 0 Å². The summed E-state index contributed by atoms with van der Waals surface area (Å²) in [6.07, 6.45) is 0. The van der Waals surface area contributed by atoms with Crippen LogP contribution in [0.1, 0.15) is 6.92 Å². The van der Waals surface area contributed by atoms with Gasteiger partial charge in [-0.05, 0) is 0 Å². The summed E-state index contributed by atoms with van der Waals surface area (Å²) in [6.45, 7) is 2.41. The van der Waals surface area contributed by atoms with Crippen LogP contribution in [0.5, 0.6) is 0 Å². The highest BCUT2D eigenvalue weighted by atomic mass is 33.1. The number of hydrogen-bond donors (Lipinski definition) is 1. The van der Waals surface area contributed by atoms with Gasteiger partial charge < -0.3 is 5.11 Å². The number of hydrogen-bond acceptors (Lipinski definition) is 3. The lowest BCUT2D eigenvalue weighted by atomic mass is 10.9. The second-order valence-corrected chi connectivity index (χ2v) is 3.82. The Balaban J connectivity index is 2.45. The normalized spacial score (nSPS) is 9.43. The van der Waals surface area contributed by atoms with Gasteiger partial charge in [-0.2, -0.15) is 0 Å². The largest absolute Gasteiger partial charge is 0.395 e. The summed E-state index contributed by atoms with van der Waals surface area (Å²) in [4.78, 5) is 0. The molecule has 0 spiro atoms. The molecule has 0 aromatic carbocycles. The van der Waals surface area contributed by atoms with Crippen LogP contribution in [0.3, 0.4) is 0 Å². The Kier molecular flexibility index (Phi) is 7.29. The fraction of sp³-hybridized carbons (Fsp3) is 1.00. The molecule has 7 heavy (non-hydrogen) atoms. The highest BCUT2D eigenvalue weighted by Crippen LogP contribution is 2.18. The second-order valence-electron chi connectivity index (χ2n) is 0.952. The summed E-state index contributed by atoms with van der Waals surface area (Å²) < 4.78 is 0. The molecule has 0 bridgehead atoms. The van der Waals surface area contributed by atoms with Crippen molar-refractivity contribution in [2.75, 3.05) is 18.1 Å². The predicted molar refractivity (Wildman–Crippen MR) is 37.7 cm³/mol. The van der Waals surface area contributed by atoms with E-state index in [0.29, 0.717) is 6.61 Å². The van der Waals surface area contributed by atoms with Crippen molar-refractivity contribution in [3.8, 4) is 0 Å². The van der Waals surface area contributed by atoms with Crippen LogP contribution >= 0.6 is 21.6 Å². The Morgan fingerprint density at radius 1 is 1.43 bits per heavy atom. The molecule has 3 heteroatoms. The molecule has 0 radical (unpaired) electrons. The van der Waals surface area contributed by atoms with E-state index < -0.39 is 0 Å². The van der Waals surface area contributed by atoms with Gasteiger partial charge in [-0.3, -0.25) is 0 Å². The molecule has 0 aromatic rings. The third-order valence-electron chi connectivity index (χ3n) is 0.376. The van der Waals surface area contributed by atoms with Crippen molar-refractivity contribution in [1.82, 2.24) is 0 Å². The monoisotopic (exact) mass is 138 g/mol. The molecule has 0 amide bonds. The van der Waals surface area contributed by atoms with E-state index in [4.69, 9.17) is 5.11 Å². The van der Waals surface area contributed by atoms with Crippen LogP contribution in [0.4, 0.5) is 0 Å². The maximum atomic E-state index is 8.26. The molecule has 0 saturated carbocycles. The smallest absolute Gasteiger partial charge is 0.0530 e. The van der Waals surface area contributed by atoms with Gasteiger partial charge in [0.2, 0.25) is 0 Å². The van der Waals surface area contributed by atoms with Gasteiger partial charge in [-0.1, -0.05) is 28.5 Å². The first-order chi connectivity index (χ1) is 3.41. The topological polar surface area (TPSA) is 20.2 Å². The molecule has 44 valence electrons. The summed E-state index contributed by atoms with van der Waals surface area (Å²) in [7, 11) is 3.51. The zero-order valence-electron chi connectivity index (χ0n) is 4.39. The minimum atomic E-state index is 0.303. The molecule has 0 aliphatic rings. The van der Waals surface area contributed by atoms with E-state index in [9.17, 15) is 0 Å². The van der Waals surface area contributed by atoms with Crippen LogP contribution in [0.2, 0.25) is 0 Å². The quantitative estimate of drug-likeness (QED) is 0.468. The maximum Gasteiger partial charge on any atom is 0.0530 e. The summed E-state index contributed by atoms with van der Waals surface area (Å²) in [6, 6.07) is 0.